The summed E-state index contributed by atoms with van der Waals surface area (Å²) in [6, 6.07) is 5.06. The molecule has 1 heterocycles. The van der Waals surface area contributed by atoms with Gasteiger partial charge in [-0.1, -0.05) is 25.6 Å². The van der Waals surface area contributed by atoms with Gasteiger partial charge in [-0.05, 0) is 32.8 Å². The zero-order chi connectivity index (χ0) is 18.6. The zero-order valence-corrected chi connectivity index (χ0v) is 16.5. The summed E-state index contributed by atoms with van der Waals surface area (Å²) >= 11 is 2.79. The fraction of sp³-hybridized carbons (Fsp3) is 0.529. The Hall–Kier alpha value is -1.67. The molecular weight excluding hydrogens is 358 g/mol. The molecule has 0 saturated heterocycles. The highest BCUT2D eigenvalue weighted by Gasteiger charge is 2.23. The molecule has 25 heavy (non-hydrogen) atoms. The molecule has 136 valence electrons. The van der Waals surface area contributed by atoms with Crippen molar-refractivity contribution in [1.29, 1.82) is 0 Å². The van der Waals surface area contributed by atoms with E-state index in [-0.39, 0.29) is 23.7 Å². The van der Waals surface area contributed by atoms with Crippen molar-refractivity contribution in [3.05, 3.63) is 28.3 Å². The van der Waals surface area contributed by atoms with E-state index in [2.05, 4.69) is 32.7 Å². The first-order chi connectivity index (χ1) is 11.9. The Bertz CT molecular complexity index is 753. The van der Waals surface area contributed by atoms with Crippen molar-refractivity contribution >= 4 is 44.9 Å². The number of hydrogen-bond donors (Lipinski definition) is 0. The number of hydrogen-bond acceptors (Lipinski definition) is 6. The maximum Gasteiger partial charge on any atom is 0.270 e. The van der Waals surface area contributed by atoms with E-state index in [9.17, 15) is 14.9 Å². The van der Waals surface area contributed by atoms with Gasteiger partial charge in [-0.25, -0.2) is 4.98 Å². The van der Waals surface area contributed by atoms with Crippen LogP contribution in [0.15, 0.2) is 22.5 Å². The lowest BCUT2D eigenvalue weighted by molar-refractivity contribution is -0.384. The van der Waals surface area contributed by atoms with Crippen LogP contribution < -0.4 is 0 Å². The number of benzene rings is 1. The summed E-state index contributed by atoms with van der Waals surface area (Å²) in [5.74, 6) is 0.440. The average Bonchev–Trinajstić information content (AvgIpc) is 3.01. The van der Waals surface area contributed by atoms with Gasteiger partial charge in [0.2, 0.25) is 5.91 Å². The minimum Gasteiger partial charge on any atom is -0.337 e. The number of thiazole rings is 1. The predicted molar refractivity (Wildman–Crippen MR) is 103 cm³/mol. The van der Waals surface area contributed by atoms with Crippen LogP contribution in [0.25, 0.3) is 10.2 Å². The van der Waals surface area contributed by atoms with Crippen LogP contribution in [0.1, 0.15) is 40.5 Å². The van der Waals surface area contributed by atoms with Crippen LogP contribution in [0.5, 0.6) is 0 Å². The molecule has 0 aliphatic heterocycles. The summed E-state index contributed by atoms with van der Waals surface area (Å²) in [7, 11) is 0. The SMILES string of the molecule is CC[C@@H](C)N(C(=O)CSc1nc2ccc([N+](=O)[O-])cc2s1)[C@@H](C)CC. The number of carbonyl (C=O) groups excluding carboxylic acids is 1. The van der Waals surface area contributed by atoms with Crippen LogP contribution in [-0.2, 0) is 4.79 Å². The van der Waals surface area contributed by atoms with E-state index in [1.165, 1.54) is 35.2 Å². The second-order valence-corrected chi connectivity index (χ2v) is 8.25. The van der Waals surface area contributed by atoms with Crippen molar-refractivity contribution < 1.29 is 9.72 Å². The van der Waals surface area contributed by atoms with E-state index in [4.69, 9.17) is 0 Å². The molecule has 0 spiro atoms. The van der Waals surface area contributed by atoms with Gasteiger partial charge in [-0.15, -0.1) is 11.3 Å². The molecule has 6 nitrogen and oxygen atoms in total. The Morgan fingerprint density at radius 1 is 1.32 bits per heavy atom. The number of aromatic nitrogens is 1. The van der Waals surface area contributed by atoms with E-state index < -0.39 is 4.92 Å². The van der Waals surface area contributed by atoms with Crippen molar-refractivity contribution in [2.24, 2.45) is 0 Å². The summed E-state index contributed by atoms with van der Waals surface area (Å²) < 4.78 is 1.53. The van der Waals surface area contributed by atoms with Gasteiger partial charge in [0.05, 0.1) is 20.9 Å². The Morgan fingerprint density at radius 3 is 2.52 bits per heavy atom. The Kier molecular flexibility index (Phi) is 6.78. The molecule has 0 aliphatic rings. The predicted octanol–water partition coefficient (Wildman–Crippen LogP) is 4.72. The largest absolute Gasteiger partial charge is 0.337 e. The molecule has 0 bridgehead atoms. The molecule has 2 atom stereocenters. The molecular formula is C17H23N3O3S2. The number of nitrogens with zero attached hydrogens (tertiary/aromatic N) is 3. The van der Waals surface area contributed by atoms with E-state index in [1.54, 1.807) is 6.07 Å². The van der Waals surface area contributed by atoms with E-state index in [1.807, 2.05) is 4.90 Å². The first kappa shape index (κ1) is 19.7. The van der Waals surface area contributed by atoms with Gasteiger partial charge in [-0.2, -0.15) is 0 Å². The maximum atomic E-state index is 12.7. The molecule has 0 N–H and O–H groups in total. The molecule has 8 heteroatoms. The average molecular weight is 382 g/mol. The smallest absolute Gasteiger partial charge is 0.270 e. The van der Waals surface area contributed by atoms with Crippen LogP contribution >= 0.6 is 23.1 Å². The second-order valence-electron chi connectivity index (χ2n) is 5.99. The Morgan fingerprint density at radius 2 is 1.96 bits per heavy atom. The quantitative estimate of drug-likeness (QED) is 0.375. The van der Waals surface area contributed by atoms with Crippen molar-refractivity contribution in [3.63, 3.8) is 0 Å². The highest BCUT2D eigenvalue weighted by molar-refractivity contribution is 8.01. The normalized spacial score (nSPS) is 13.6. The number of carbonyl (C=O) groups is 1. The molecule has 1 amide bonds. The Balaban J connectivity index is 2.10. The van der Waals surface area contributed by atoms with Gasteiger partial charge in [-0.3, -0.25) is 14.9 Å². The molecule has 0 saturated carbocycles. The first-order valence-corrected chi connectivity index (χ1v) is 10.2. The van der Waals surface area contributed by atoms with Crippen LogP contribution in [0.4, 0.5) is 5.69 Å². The molecule has 1 aromatic carbocycles. The van der Waals surface area contributed by atoms with Gasteiger partial charge < -0.3 is 4.90 Å². The van der Waals surface area contributed by atoms with Gasteiger partial charge in [0.25, 0.3) is 5.69 Å². The number of amides is 1. The number of nitro benzene ring substituents is 1. The fourth-order valence-corrected chi connectivity index (χ4v) is 4.56. The highest BCUT2D eigenvalue weighted by Crippen LogP contribution is 2.32. The summed E-state index contributed by atoms with van der Waals surface area (Å²) in [5, 5.41) is 10.9. The first-order valence-electron chi connectivity index (χ1n) is 8.36. The van der Waals surface area contributed by atoms with Crippen molar-refractivity contribution in [2.75, 3.05) is 5.75 Å². The Labute approximate surface area is 155 Å². The number of thioether (sulfide) groups is 1. The third-order valence-corrected chi connectivity index (χ3v) is 6.45. The third kappa shape index (κ3) is 4.70. The second kappa shape index (κ2) is 8.62. The molecule has 2 rings (SSSR count). The number of nitro groups is 1. The van der Waals surface area contributed by atoms with Crippen molar-refractivity contribution in [3.8, 4) is 0 Å². The topological polar surface area (TPSA) is 76.3 Å². The van der Waals surface area contributed by atoms with E-state index >= 15 is 0 Å². The molecule has 0 unspecified atom stereocenters. The highest BCUT2D eigenvalue weighted by atomic mass is 32.2. The minimum atomic E-state index is -0.411. The minimum absolute atomic E-state index is 0.0588. The molecule has 1 aromatic heterocycles. The zero-order valence-electron chi connectivity index (χ0n) is 14.9. The third-order valence-electron chi connectivity index (χ3n) is 4.30. The number of fused-ring (bicyclic) bond motifs is 1. The van der Waals surface area contributed by atoms with E-state index in [0.717, 1.165) is 27.4 Å². The lowest BCUT2D eigenvalue weighted by Crippen LogP contribution is -2.45. The lowest BCUT2D eigenvalue weighted by Gasteiger charge is -2.33. The monoisotopic (exact) mass is 381 g/mol. The van der Waals surface area contributed by atoms with Crippen molar-refractivity contribution in [2.45, 2.75) is 57.0 Å². The molecule has 0 aliphatic carbocycles. The lowest BCUT2D eigenvalue weighted by atomic mass is 10.1. The van der Waals surface area contributed by atoms with Gasteiger partial charge >= 0.3 is 0 Å². The maximum absolute atomic E-state index is 12.7. The number of non-ortho nitro benzene ring substituents is 1. The summed E-state index contributed by atoms with van der Waals surface area (Å²) in [5.41, 5.74) is 0.787. The van der Waals surface area contributed by atoms with Crippen LogP contribution in [0.2, 0.25) is 0 Å². The fourth-order valence-electron chi connectivity index (χ4n) is 2.58. The van der Waals surface area contributed by atoms with E-state index in [0.29, 0.717) is 5.75 Å². The summed E-state index contributed by atoms with van der Waals surface area (Å²) in [4.78, 5) is 29.5. The molecule has 2 aromatic rings. The van der Waals surface area contributed by atoms with Gasteiger partial charge in [0.1, 0.15) is 0 Å². The molecule has 0 radical (unpaired) electrons. The van der Waals surface area contributed by atoms with Gasteiger partial charge in [0.15, 0.2) is 4.34 Å². The standard InChI is InChI=1S/C17H23N3O3S2/c1-5-11(3)19(12(4)6-2)16(21)10-24-17-18-14-8-7-13(20(22)23)9-15(14)25-17/h7-9,11-12H,5-6,10H2,1-4H3/t11-,12+. The molecule has 0 fully saturated rings. The van der Waals surface area contributed by atoms with Crippen LogP contribution in [-0.4, -0.2) is 38.6 Å². The van der Waals surface area contributed by atoms with Gasteiger partial charge in [0, 0.05) is 24.2 Å². The van der Waals surface area contributed by atoms with Crippen LogP contribution in [0.3, 0.4) is 0 Å². The number of rotatable bonds is 8. The van der Waals surface area contributed by atoms with Crippen LogP contribution in [0, 0.1) is 10.1 Å². The van der Waals surface area contributed by atoms with Crippen molar-refractivity contribution in [1.82, 2.24) is 9.88 Å². The summed E-state index contributed by atoms with van der Waals surface area (Å²) in [6.45, 7) is 8.32. The summed E-state index contributed by atoms with van der Waals surface area (Å²) in [6.07, 6.45) is 1.84.